The van der Waals surface area contributed by atoms with Crippen LogP contribution in [0.1, 0.15) is 12.7 Å². The van der Waals surface area contributed by atoms with Crippen LogP contribution >= 0.6 is 0 Å². The van der Waals surface area contributed by atoms with E-state index in [2.05, 4.69) is 21.8 Å². The van der Waals surface area contributed by atoms with E-state index in [4.69, 9.17) is 5.11 Å². The van der Waals surface area contributed by atoms with Gasteiger partial charge in [-0.2, -0.15) is 0 Å². The number of aromatic nitrogens is 2. The quantitative estimate of drug-likeness (QED) is 0.709. The van der Waals surface area contributed by atoms with Crippen molar-refractivity contribution in [3.05, 3.63) is 24.3 Å². The molecule has 1 aromatic rings. The van der Waals surface area contributed by atoms with Crippen LogP contribution in [0, 0.1) is 0 Å². The molecule has 1 rings (SSSR count). The molecule has 0 aliphatic rings. The van der Waals surface area contributed by atoms with Gasteiger partial charge in [-0.1, -0.05) is 6.92 Å². The third-order valence-corrected chi connectivity index (χ3v) is 1.85. The Balaban J connectivity index is 2.46. The van der Waals surface area contributed by atoms with Crippen molar-refractivity contribution in [1.29, 1.82) is 0 Å². The maximum absolute atomic E-state index is 8.76. The molecular formula is C9H15N3O. The third kappa shape index (κ3) is 3.48. The van der Waals surface area contributed by atoms with Crippen LogP contribution in [0.5, 0.6) is 0 Å². The van der Waals surface area contributed by atoms with Crippen LogP contribution < -0.4 is 0 Å². The molecule has 13 heavy (non-hydrogen) atoms. The van der Waals surface area contributed by atoms with Gasteiger partial charge in [0.15, 0.2) is 0 Å². The highest BCUT2D eigenvalue weighted by Gasteiger charge is 2.03. The summed E-state index contributed by atoms with van der Waals surface area (Å²) in [4.78, 5) is 10.3. The number of nitrogens with zero attached hydrogens (tertiary/aromatic N) is 3. The van der Waals surface area contributed by atoms with Gasteiger partial charge < -0.3 is 5.11 Å². The van der Waals surface area contributed by atoms with Crippen molar-refractivity contribution < 1.29 is 5.11 Å². The summed E-state index contributed by atoms with van der Waals surface area (Å²) >= 11 is 0. The highest BCUT2D eigenvalue weighted by atomic mass is 16.3. The summed E-state index contributed by atoms with van der Waals surface area (Å²) in [7, 11) is 0. The van der Waals surface area contributed by atoms with E-state index in [-0.39, 0.29) is 6.61 Å². The molecule has 0 radical (unpaired) electrons. The Hall–Kier alpha value is -1.00. The van der Waals surface area contributed by atoms with Crippen molar-refractivity contribution in [1.82, 2.24) is 14.9 Å². The summed E-state index contributed by atoms with van der Waals surface area (Å²) in [6.07, 6.45) is 3.46. The predicted molar refractivity (Wildman–Crippen MR) is 50.1 cm³/mol. The van der Waals surface area contributed by atoms with Crippen molar-refractivity contribution in [2.24, 2.45) is 0 Å². The van der Waals surface area contributed by atoms with Crippen molar-refractivity contribution >= 4 is 0 Å². The van der Waals surface area contributed by atoms with Crippen molar-refractivity contribution in [3.63, 3.8) is 0 Å². The lowest BCUT2D eigenvalue weighted by molar-refractivity contribution is 0.194. The first-order valence-electron chi connectivity index (χ1n) is 4.46. The lowest BCUT2D eigenvalue weighted by atomic mass is 10.4. The normalized spacial score (nSPS) is 10.7. The summed E-state index contributed by atoms with van der Waals surface area (Å²) in [6, 6.07) is 1.80. The molecule has 0 spiro atoms. The Labute approximate surface area is 78.2 Å². The monoisotopic (exact) mass is 181 g/mol. The van der Waals surface area contributed by atoms with Crippen molar-refractivity contribution in [2.45, 2.75) is 13.5 Å². The van der Waals surface area contributed by atoms with E-state index in [0.29, 0.717) is 13.1 Å². The van der Waals surface area contributed by atoms with E-state index < -0.39 is 0 Å². The Morgan fingerprint density at radius 1 is 1.38 bits per heavy atom. The molecule has 72 valence electrons. The van der Waals surface area contributed by atoms with Crippen LogP contribution in [0.3, 0.4) is 0 Å². The van der Waals surface area contributed by atoms with E-state index in [1.54, 1.807) is 18.5 Å². The molecule has 0 aromatic carbocycles. The van der Waals surface area contributed by atoms with Gasteiger partial charge in [-0.05, 0) is 12.6 Å². The summed E-state index contributed by atoms with van der Waals surface area (Å²) in [6.45, 7) is 4.52. The number of hydrogen-bond donors (Lipinski definition) is 1. The van der Waals surface area contributed by atoms with Crippen LogP contribution in [-0.4, -0.2) is 39.7 Å². The zero-order valence-corrected chi connectivity index (χ0v) is 7.85. The summed E-state index contributed by atoms with van der Waals surface area (Å²) in [5.41, 5.74) is 0. The average Bonchev–Trinajstić information content (AvgIpc) is 2.19. The van der Waals surface area contributed by atoms with Gasteiger partial charge in [-0.15, -0.1) is 0 Å². The Morgan fingerprint density at radius 3 is 2.62 bits per heavy atom. The van der Waals surface area contributed by atoms with Gasteiger partial charge in [0.25, 0.3) is 0 Å². The first kappa shape index (κ1) is 10.1. The Kier molecular flexibility index (Phi) is 4.35. The van der Waals surface area contributed by atoms with Crippen LogP contribution in [0.4, 0.5) is 0 Å². The zero-order chi connectivity index (χ0) is 9.52. The number of likely N-dealkylation sites (N-methyl/N-ethyl adjacent to an activating group) is 1. The van der Waals surface area contributed by atoms with Crippen molar-refractivity contribution in [2.75, 3.05) is 19.7 Å². The first-order valence-corrected chi connectivity index (χ1v) is 4.46. The minimum Gasteiger partial charge on any atom is -0.395 e. The molecule has 0 saturated carbocycles. The van der Waals surface area contributed by atoms with Gasteiger partial charge in [-0.3, -0.25) is 4.90 Å². The number of hydrogen-bond acceptors (Lipinski definition) is 4. The minimum atomic E-state index is 0.181. The van der Waals surface area contributed by atoms with Crippen LogP contribution in [0.25, 0.3) is 0 Å². The largest absolute Gasteiger partial charge is 0.395 e. The topological polar surface area (TPSA) is 49.2 Å². The van der Waals surface area contributed by atoms with E-state index in [1.165, 1.54) is 0 Å². The molecule has 0 unspecified atom stereocenters. The fourth-order valence-corrected chi connectivity index (χ4v) is 1.10. The number of aliphatic hydroxyl groups excluding tert-OH is 1. The van der Waals surface area contributed by atoms with Crippen LogP contribution in [0.15, 0.2) is 18.5 Å². The Bertz CT molecular complexity index is 228. The van der Waals surface area contributed by atoms with Gasteiger partial charge in [0.2, 0.25) is 0 Å². The molecule has 0 aliphatic carbocycles. The van der Waals surface area contributed by atoms with Gasteiger partial charge in [-0.25, -0.2) is 9.97 Å². The molecule has 0 bridgehead atoms. The fourth-order valence-electron chi connectivity index (χ4n) is 1.10. The summed E-state index contributed by atoms with van der Waals surface area (Å²) < 4.78 is 0. The molecule has 1 heterocycles. The molecule has 0 atom stereocenters. The number of rotatable bonds is 5. The summed E-state index contributed by atoms with van der Waals surface area (Å²) in [5, 5.41) is 8.76. The lowest BCUT2D eigenvalue weighted by Gasteiger charge is -2.17. The Morgan fingerprint density at radius 2 is 2.08 bits per heavy atom. The molecule has 4 nitrogen and oxygen atoms in total. The van der Waals surface area contributed by atoms with Crippen molar-refractivity contribution in [3.8, 4) is 0 Å². The SMILES string of the molecule is CCN(CCO)Cc1ncccn1. The molecule has 0 fully saturated rings. The molecule has 4 heteroatoms. The van der Waals surface area contributed by atoms with Crippen LogP contribution in [-0.2, 0) is 6.54 Å². The molecule has 1 N–H and O–H groups in total. The standard InChI is InChI=1S/C9H15N3O/c1-2-12(6-7-13)8-9-10-4-3-5-11-9/h3-5,13H,2,6-8H2,1H3. The highest BCUT2D eigenvalue weighted by molar-refractivity contribution is 4.88. The zero-order valence-electron chi connectivity index (χ0n) is 7.85. The van der Waals surface area contributed by atoms with Crippen LogP contribution in [0.2, 0.25) is 0 Å². The predicted octanol–water partition coefficient (Wildman–Crippen LogP) is 0.291. The van der Waals surface area contributed by atoms with E-state index in [0.717, 1.165) is 12.4 Å². The first-order chi connectivity index (χ1) is 6.36. The fraction of sp³-hybridized carbons (Fsp3) is 0.556. The molecule has 0 saturated heterocycles. The van der Waals surface area contributed by atoms with Gasteiger partial charge in [0.1, 0.15) is 5.82 Å². The summed E-state index contributed by atoms with van der Waals surface area (Å²) in [5.74, 6) is 0.804. The second-order valence-electron chi connectivity index (χ2n) is 2.76. The lowest BCUT2D eigenvalue weighted by Crippen LogP contribution is -2.26. The van der Waals surface area contributed by atoms with Gasteiger partial charge in [0.05, 0.1) is 13.2 Å². The molecule has 0 amide bonds. The van der Waals surface area contributed by atoms with E-state index >= 15 is 0 Å². The van der Waals surface area contributed by atoms with Gasteiger partial charge >= 0.3 is 0 Å². The smallest absolute Gasteiger partial charge is 0.142 e. The highest BCUT2D eigenvalue weighted by Crippen LogP contribution is 1.96. The molecule has 0 aliphatic heterocycles. The maximum Gasteiger partial charge on any atom is 0.142 e. The van der Waals surface area contributed by atoms with Gasteiger partial charge in [0, 0.05) is 18.9 Å². The average molecular weight is 181 g/mol. The maximum atomic E-state index is 8.76. The van der Waals surface area contributed by atoms with E-state index in [9.17, 15) is 0 Å². The second-order valence-corrected chi connectivity index (χ2v) is 2.76. The van der Waals surface area contributed by atoms with E-state index in [1.807, 2.05) is 0 Å². The molecular weight excluding hydrogens is 166 g/mol. The third-order valence-electron chi connectivity index (χ3n) is 1.85. The minimum absolute atomic E-state index is 0.181. The number of aliphatic hydroxyl groups is 1. The molecule has 1 aromatic heterocycles. The second kappa shape index (κ2) is 5.61.